The highest BCUT2D eigenvalue weighted by molar-refractivity contribution is 6.05. The average molecular weight is 561 g/mol. The van der Waals surface area contributed by atoms with Gasteiger partial charge in [-0.3, -0.25) is 9.59 Å². The first kappa shape index (κ1) is 29.5. The second-order valence-electron chi connectivity index (χ2n) is 9.75. The summed E-state index contributed by atoms with van der Waals surface area (Å²) in [6, 6.07) is 14.1. The lowest BCUT2D eigenvalue weighted by Gasteiger charge is -2.40. The number of piperazine rings is 1. The predicted molar refractivity (Wildman–Crippen MR) is 153 cm³/mol. The van der Waals surface area contributed by atoms with E-state index in [1.54, 1.807) is 34.9 Å². The van der Waals surface area contributed by atoms with Crippen molar-refractivity contribution < 1.29 is 28.6 Å². The van der Waals surface area contributed by atoms with E-state index in [1.165, 1.54) is 14.2 Å². The first-order valence-corrected chi connectivity index (χ1v) is 13.8. The quantitative estimate of drug-likeness (QED) is 0.357. The minimum absolute atomic E-state index is 0.0188. The van der Waals surface area contributed by atoms with Crippen molar-refractivity contribution in [3.05, 3.63) is 71.0 Å². The Morgan fingerprint density at radius 3 is 2.20 bits per heavy atom. The Morgan fingerprint density at radius 2 is 1.61 bits per heavy atom. The van der Waals surface area contributed by atoms with Crippen LogP contribution in [0.15, 0.2) is 48.5 Å². The van der Waals surface area contributed by atoms with Crippen LogP contribution in [0.5, 0.6) is 11.5 Å². The van der Waals surface area contributed by atoms with E-state index in [0.717, 1.165) is 12.0 Å². The molecule has 0 N–H and O–H groups in total. The minimum Gasteiger partial charge on any atom is -0.497 e. The smallest absolute Gasteiger partial charge is 0.342 e. The van der Waals surface area contributed by atoms with Gasteiger partial charge in [0.2, 0.25) is 0 Å². The van der Waals surface area contributed by atoms with Crippen molar-refractivity contribution in [2.45, 2.75) is 39.7 Å². The lowest BCUT2D eigenvalue weighted by Crippen LogP contribution is -2.55. The van der Waals surface area contributed by atoms with Crippen LogP contribution < -0.4 is 9.47 Å². The van der Waals surface area contributed by atoms with Crippen molar-refractivity contribution in [3.8, 4) is 22.9 Å². The van der Waals surface area contributed by atoms with Crippen molar-refractivity contribution in [2.75, 3.05) is 40.5 Å². The number of ether oxygens (including phenoxy) is 3. The van der Waals surface area contributed by atoms with Crippen LogP contribution in [0.25, 0.3) is 11.4 Å². The summed E-state index contributed by atoms with van der Waals surface area (Å²) in [4.78, 5) is 53.3. The van der Waals surface area contributed by atoms with Crippen molar-refractivity contribution in [3.63, 3.8) is 0 Å². The van der Waals surface area contributed by atoms with E-state index in [1.807, 2.05) is 44.2 Å². The van der Waals surface area contributed by atoms with Crippen LogP contribution in [0, 0.1) is 0 Å². The van der Waals surface area contributed by atoms with Crippen LogP contribution in [-0.2, 0) is 11.2 Å². The third kappa shape index (κ3) is 6.48. The molecule has 1 saturated heterocycles. The molecule has 4 rings (SSSR count). The molecule has 0 aliphatic carbocycles. The maximum Gasteiger partial charge on any atom is 0.342 e. The minimum atomic E-state index is -0.618. The molecular formula is C31H36N4O6. The van der Waals surface area contributed by atoms with Gasteiger partial charge >= 0.3 is 5.97 Å². The number of hydrogen-bond acceptors (Lipinski definition) is 8. The summed E-state index contributed by atoms with van der Waals surface area (Å²) in [7, 11) is 3.06. The number of nitrogens with zero attached hydrogens (tertiary/aromatic N) is 4. The summed E-state index contributed by atoms with van der Waals surface area (Å²) in [6.07, 6.45) is 1.21. The number of carbonyl (C=O) groups is 3. The number of carbonyl (C=O) groups excluding carboxylic acids is 3. The van der Waals surface area contributed by atoms with Gasteiger partial charge in [-0.1, -0.05) is 43.7 Å². The molecule has 1 aliphatic rings. The largest absolute Gasteiger partial charge is 0.497 e. The molecule has 41 heavy (non-hydrogen) atoms. The first-order valence-electron chi connectivity index (χ1n) is 13.8. The molecule has 2 aromatic carbocycles. The van der Waals surface area contributed by atoms with Gasteiger partial charge in [-0.15, -0.1) is 0 Å². The van der Waals surface area contributed by atoms with E-state index in [0.29, 0.717) is 41.5 Å². The van der Waals surface area contributed by atoms with Gasteiger partial charge in [0.15, 0.2) is 5.82 Å². The Kier molecular flexibility index (Phi) is 9.54. The Bertz CT molecular complexity index is 1390. The SMILES string of the molecule is CCCc1nc(-c2ccccc2)nc(C(=O)N2CCN(C(=O)c3cc(OC)cc(OC)c3)C(C)C2)c1C(=O)OCC. The number of esters is 1. The number of benzene rings is 2. The van der Waals surface area contributed by atoms with Crippen molar-refractivity contribution >= 4 is 17.8 Å². The molecule has 0 saturated carbocycles. The van der Waals surface area contributed by atoms with Crippen LogP contribution >= 0.6 is 0 Å². The molecular weight excluding hydrogens is 524 g/mol. The van der Waals surface area contributed by atoms with Gasteiger partial charge in [0.05, 0.1) is 26.5 Å². The van der Waals surface area contributed by atoms with Gasteiger partial charge in [0.1, 0.15) is 22.8 Å². The van der Waals surface area contributed by atoms with Crippen LogP contribution in [0.2, 0.25) is 0 Å². The van der Waals surface area contributed by atoms with Crippen molar-refractivity contribution in [1.82, 2.24) is 19.8 Å². The lowest BCUT2D eigenvalue weighted by atomic mass is 10.0. The van der Waals surface area contributed by atoms with Gasteiger partial charge < -0.3 is 24.0 Å². The Balaban J connectivity index is 1.66. The second kappa shape index (κ2) is 13.3. The molecule has 0 bridgehead atoms. The molecule has 1 aliphatic heterocycles. The number of rotatable bonds is 9. The molecule has 10 nitrogen and oxygen atoms in total. The maximum atomic E-state index is 14.0. The highest BCUT2D eigenvalue weighted by Gasteiger charge is 2.35. The predicted octanol–water partition coefficient (Wildman–Crippen LogP) is 4.28. The fraction of sp³-hybridized carbons (Fsp3) is 0.387. The van der Waals surface area contributed by atoms with E-state index < -0.39 is 11.9 Å². The summed E-state index contributed by atoms with van der Waals surface area (Å²) in [5.41, 5.74) is 1.78. The van der Waals surface area contributed by atoms with Gasteiger partial charge in [-0.05, 0) is 32.4 Å². The Labute approximate surface area is 240 Å². The molecule has 1 fully saturated rings. The first-order chi connectivity index (χ1) is 19.8. The van der Waals surface area contributed by atoms with E-state index in [2.05, 4.69) is 9.97 Å². The van der Waals surface area contributed by atoms with Crippen LogP contribution in [0.4, 0.5) is 0 Å². The number of aromatic nitrogens is 2. The Morgan fingerprint density at radius 1 is 0.927 bits per heavy atom. The summed E-state index contributed by atoms with van der Waals surface area (Å²) in [5.74, 6) is 0.203. The third-order valence-corrected chi connectivity index (χ3v) is 6.96. The highest BCUT2D eigenvalue weighted by atomic mass is 16.5. The second-order valence-corrected chi connectivity index (χ2v) is 9.75. The molecule has 1 atom stereocenters. The summed E-state index contributed by atoms with van der Waals surface area (Å²) in [5, 5.41) is 0. The topological polar surface area (TPSA) is 111 Å². The molecule has 0 radical (unpaired) electrons. The zero-order valence-corrected chi connectivity index (χ0v) is 24.2. The normalized spacial score (nSPS) is 14.9. The molecule has 1 aromatic heterocycles. The number of aryl methyl sites for hydroxylation is 1. The standard InChI is InChI=1S/C31H36N4O6/c1-6-11-25-26(31(38)41-7-2)27(33-28(32-25)21-12-9-8-10-13-21)30(37)34-14-15-35(20(3)19-34)29(36)22-16-23(39-4)18-24(17-22)40-5/h8-10,12-13,16-18,20H,6-7,11,14-15,19H2,1-5H3. The Hall–Kier alpha value is -4.47. The number of methoxy groups -OCH3 is 2. The summed E-state index contributed by atoms with van der Waals surface area (Å²) in [6.45, 7) is 6.58. The van der Waals surface area contributed by atoms with Crippen LogP contribution in [0.3, 0.4) is 0 Å². The molecule has 1 unspecified atom stereocenters. The van der Waals surface area contributed by atoms with E-state index in [9.17, 15) is 14.4 Å². The zero-order chi connectivity index (χ0) is 29.5. The number of amides is 2. The van der Waals surface area contributed by atoms with Gasteiger partial charge in [-0.2, -0.15) is 0 Å². The van der Waals surface area contributed by atoms with Gasteiger partial charge in [-0.25, -0.2) is 14.8 Å². The molecule has 3 aromatic rings. The molecule has 2 amide bonds. The van der Waals surface area contributed by atoms with Crippen molar-refractivity contribution in [1.29, 1.82) is 0 Å². The van der Waals surface area contributed by atoms with Crippen molar-refractivity contribution in [2.24, 2.45) is 0 Å². The van der Waals surface area contributed by atoms with E-state index >= 15 is 0 Å². The van der Waals surface area contributed by atoms with Gasteiger partial charge in [0, 0.05) is 42.9 Å². The molecule has 2 heterocycles. The van der Waals surface area contributed by atoms with Gasteiger partial charge in [0.25, 0.3) is 11.8 Å². The van der Waals surface area contributed by atoms with E-state index in [-0.39, 0.29) is 42.9 Å². The molecule has 216 valence electrons. The highest BCUT2D eigenvalue weighted by Crippen LogP contribution is 2.26. The maximum absolute atomic E-state index is 14.0. The molecule has 10 heteroatoms. The van der Waals surface area contributed by atoms with Crippen LogP contribution in [0.1, 0.15) is 64.1 Å². The zero-order valence-electron chi connectivity index (χ0n) is 24.2. The fourth-order valence-corrected chi connectivity index (χ4v) is 4.90. The summed E-state index contributed by atoms with van der Waals surface area (Å²) < 4.78 is 16.0. The lowest BCUT2D eigenvalue weighted by molar-refractivity contribution is 0.0405. The fourth-order valence-electron chi connectivity index (χ4n) is 4.90. The van der Waals surface area contributed by atoms with Crippen LogP contribution in [-0.4, -0.2) is 84.1 Å². The number of hydrogen-bond donors (Lipinski definition) is 0. The average Bonchev–Trinajstić information content (AvgIpc) is 3.00. The monoisotopic (exact) mass is 560 g/mol. The molecule has 0 spiro atoms. The third-order valence-electron chi connectivity index (χ3n) is 6.96. The summed E-state index contributed by atoms with van der Waals surface area (Å²) >= 11 is 0. The van der Waals surface area contributed by atoms with E-state index in [4.69, 9.17) is 14.2 Å².